The Kier molecular flexibility index (Phi) is 6.34. The summed E-state index contributed by atoms with van der Waals surface area (Å²) in [5, 5.41) is -0.487. The Labute approximate surface area is 164 Å². The third kappa shape index (κ3) is 4.51. The Morgan fingerprint density at radius 3 is 2.33 bits per heavy atom. The standard InChI is InChI=1S/C17H14Cl2F3NO3S/c1-3-8-23(11-4-6-14(18)13(9-11)17(20,21)22)27(24,25)12-5-7-16(26-2)15(19)10-12/h3-7,9-10H,1,8H2,2H3. The second-order valence-electron chi connectivity index (χ2n) is 5.28. The molecule has 10 heteroatoms. The van der Waals surface area contributed by atoms with Crippen LogP contribution >= 0.6 is 23.2 Å². The lowest BCUT2D eigenvalue weighted by Crippen LogP contribution is -2.31. The number of sulfonamides is 1. The Morgan fingerprint density at radius 1 is 1.15 bits per heavy atom. The fraction of sp³-hybridized carbons (Fsp3) is 0.176. The number of halogens is 5. The van der Waals surface area contributed by atoms with Crippen molar-refractivity contribution < 1.29 is 26.3 Å². The van der Waals surface area contributed by atoms with E-state index >= 15 is 0 Å². The average Bonchev–Trinajstić information content (AvgIpc) is 2.59. The monoisotopic (exact) mass is 439 g/mol. The molecule has 0 aromatic heterocycles. The highest BCUT2D eigenvalue weighted by Crippen LogP contribution is 2.38. The first-order valence-corrected chi connectivity index (χ1v) is 9.56. The fourth-order valence-corrected chi connectivity index (χ4v) is 4.28. The van der Waals surface area contributed by atoms with Gasteiger partial charge in [-0.05, 0) is 36.4 Å². The molecule has 0 radical (unpaired) electrons. The van der Waals surface area contributed by atoms with E-state index in [1.165, 1.54) is 31.4 Å². The molecular formula is C17H14Cl2F3NO3S. The van der Waals surface area contributed by atoms with Gasteiger partial charge in [-0.1, -0.05) is 29.3 Å². The van der Waals surface area contributed by atoms with E-state index in [0.29, 0.717) is 6.07 Å². The maximum atomic E-state index is 13.1. The van der Waals surface area contributed by atoms with E-state index in [9.17, 15) is 21.6 Å². The second kappa shape index (κ2) is 8.00. The normalized spacial score (nSPS) is 11.9. The van der Waals surface area contributed by atoms with Gasteiger partial charge < -0.3 is 4.74 Å². The molecule has 0 unspecified atom stereocenters. The molecule has 0 amide bonds. The van der Waals surface area contributed by atoms with Crippen LogP contribution in [0.5, 0.6) is 5.75 Å². The minimum Gasteiger partial charge on any atom is -0.495 e. The Bertz CT molecular complexity index is 962. The Hall–Kier alpha value is -1.90. The molecule has 0 spiro atoms. The van der Waals surface area contributed by atoms with Crippen LogP contribution in [0.4, 0.5) is 18.9 Å². The van der Waals surface area contributed by atoms with Crippen molar-refractivity contribution in [3.05, 3.63) is 64.7 Å². The van der Waals surface area contributed by atoms with Crippen LogP contribution < -0.4 is 9.04 Å². The van der Waals surface area contributed by atoms with Gasteiger partial charge in [0.2, 0.25) is 0 Å². The lowest BCUT2D eigenvalue weighted by Gasteiger charge is -2.24. The van der Waals surface area contributed by atoms with Crippen molar-refractivity contribution in [2.24, 2.45) is 0 Å². The van der Waals surface area contributed by atoms with Crippen molar-refractivity contribution in [2.45, 2.75) is 11.1 Å². The molecule has 0 atom stereocenters. The first-order chi connectivity index (χ1) is 12.5. The zero-order valence-corrected chi connectivity index (χ0v) is 16.3. The van der Waals surface area contributed by atoms with E-state index in [1.54, 1.807) is 0 Å². The van der Waals surface area contributed by atoms with Crippen LogP contribution in [0, 0.1) is 0 Å². The van der Waals surface area contributed by atoms with Crippen LogP contribution in [0.3, 0.4) is 0 Å². The molecule has 4 nitrogen and oxygen atoms in total. The minimum absolute atomic E-state index is 0.0456. The Balaban J connectivity index is 2.60. The molecule has 2 aromatic carbocycles. The van der Waals surface area contributed by atoms with Crippen molar-refractivity contribution >= 4 is 38.9 Å². The molecule has 0 aliphatic rings. The van der Waals surface area contributed by atoms with Crippen LogP contribution in [-0.2, 0) is 16.2 Å². The van der Waals surface area contributed by atoms with Gasteiger partial charge in [0.25, 0.3) is 10.0 Å². The van der Waals surface area contributed by atoms with Gasteiger partial charge in [-0.2, -0.15) is 13.2 Å². The van der Waals surface area contributed by atoms with E-state index in [4.69, 9.17) is 27.9 Å². The van der Waals surface area contributed by atoms with Crippen molar-refractivity contribution in [3.63, 3.8) is 0 Å². The maximum Gasteiger partial charge on any atom is 0.417 e. The summed E-state index contributed by atoms with van der Waals surface area (Å²) in [7, 11) is -2.86. The molecule has 0 saturated heterocycles. The van der Waals surface area contributed by atoms with E-state index in [1.807, 2.05) is 0 Å². The van der Waals surface area contributed by atoms with Gasteiger partial charge in [-0.15, -0.1) is 6.58 Å². The number of ether oxygens (including phenoxy) is 1. The van der Waals surface area contributed by atoms with E-state index < -0.39 is 26.8 Å². The largest absolute Gasteiger partial charge is 0.495 e. The number of alkyl halides is 3. The van der Waals surface area contributed by atoms with Gasteiger partial charge in [0.1, 0.15) is 5.75 Å². The molecule has 0 aliphatic carbocycles. The summed E-state index contributed by atoms with van der Waals surface area (Å²) in [5.41, 5.74) is -1.35. The smallest absolute Gasteiger partial charge is 0.417 e. The van der Waals surface area contributed by atoms with Crippen molar-refractivity contribution in [3.8, 4) is 5.75 Å². The molecule has 0 heterocycles. The second-order valence-corrected chi connectivity index (χ2v) is 7.96. The average molecular weight is 440 g/mol. The fourth-order valence-electron chi connectivity index (χ4n) is 2.28. The van der Waals surface area contributed by atoms with Crippen molar-refractivity contribution in [1.29, 1.82) is 0 Å². The van der Waals surface area contributed by atoms with Gasteiger partial charge in [-0.3, -0.25) is 4.31 Å². The van der Waals surface area contributed by atoms with Crippen LogP contribution in [0.15, 0.2) is 53.9 Å². The molecule has 2 aromatic rings. The summed E-state index contributed by atoms with van der Waals surface area (Å²) in [6.07, 6.45) is -3.48. The highest BCUT2D eigenvalue weighted by Gasteiger charge is 2.35. The molecule has 0 bridgehead atoms. The zero-order chi connectivity index (χ0) is 20.4. The SMILES string of the molecule is C=CCN(c1ccc(Cl)c(C(F)(F)F)c1)S(=O)(=O)c1ccc(OC)c(Cl)c1. The van der Waals surface area contributed by atoms with Gasteiger partial charge in [0.05, 0.1) is 39.8 Å². The predicted octanol–water partition coefficient (Wildman–Crippen LogP) is 5.40. The molecular weight excluding hydrogens is 426 g/mol. The van der Waals surface area contributed by atoms with Crippen molar-refractivity contribution in [1.82, 2.24) is 0 Å². The third-order valence-electron chi connectivity index (χ3n) is 3.55. The summed E-state index contributed by atoms with van der Waals surface area (Å²) < 4.78 is 71.1. The molecule has 2 rings (SSSR count). The van der Waals surface area contributed by atoms with Gasteiger partial charge >= 0.3 is 6.18 Å². The van der Waals surface area contributed by atoms with Gasteiger partial charge in [-0.25, -0.2) is 8.42 Å². The van der Waals surface area contributed by atoms with Gasteiger partial charge in [0, 0.05) is 0 Å². The topological polar surface area (TPSA) is 46.6 Å². The molecule has 27 heavy (non-hydrogen) atoms. The summed E-state index contributed by atoms with van der Waals surface area (Å²) in [5.74, 6) is 0.261. The summed E-state index contributed by atoms with van der Waals surface area (Å²) in [6.45, 7) is 3.21. The van der Waals surface area contributed by atoms with Crippen LogP contribution in [0.2, 0.25) is 10.0 Å². The number of rotatable bonds is 6. The summed E-state index contributed by atoms with van der Waals surface area (Å²) in [4.78, 5) is -0.210. The summed E-state index contributed by atoms with van der Waals surface area (Å²) in [6, 6.07) is 6.61. The van der Waals surface area contributed by atoms with E-state index in [-0.39, 0.29) is 27.9 Å². The molecule has 0 saturated carbocycles. The number of hydrogen-bond acceptors (Lipinski definition) is 3. The Morgan fingerprint density at radius 2 is 1.81 bits per heavy atom. The minimum atomic E-state index is -4.74. The number of methoxy groups -OCH3 is 1. The molecule has 0 fully saturated rings. The molecule has 146 valence electrons. The molecule has 0 aliphatic heterocycles. The number of anilines is 1. The maximum absolute atomic E-state index is 13.1. The van der Waals surface area contributed by atoms with Crippen LogP contribution in [-0.4, -0.2) is 22.1 Å². The first-order valence-electron chi connectivity index (χ1n) is 7.36. The van der Waals surface area contributed by atoms with E-state index in [2.05, 4.69) is 6.58 Å². The summed E-state index contributed by atoms with van der Waals surface area (Å²) >= 11 is 11.6. The van der Waals surface area contributed by atoms with E-state index in [0.717, 1.165) is 16.4 Å². The van der Waals surface area contributed by atoms with Crippen LogP contribution in [0.1, 0.15) is 5.56 Å². The lowest BCUT2D eigenvalue weighted by molar-refractivity contribution is -0.137. The predicted molar refractivity (Wildman–Crippen MR) is 99.2 cm³/mol. The third-order valence-corrected chi connectivity index (χ3v) is 5.96. The quantitative estimate of drug-likeness (QED) is 0.565. The zero-order valence-electron chi connectivity index (χ0n) is 13.9. The number of nitrogens with zero attached hydrogens (tertiary/aromatic N) is 1. The number of benzene rings is 2. The lowest BCUT2D eigenvalue weighted by atomic mass is 10.2. The highest BCUT2D eigenvalue weighted by atomic mass is 35.5. The van der Waals surface area contributed by atoms with Crippen LogP contribution in [0.25, 0.3) is 0 Å². The van der Waals surface area contributed by atoms with Gasteiger partial charge in [0.15, 0.2) is 0 Å². The highest BCUT2D eigenvalue weighted by molar-refractivity contribution is 7.92. The first kappa shape index (κ1) is 21.4. The van der Waals surface area contributed by atoms with Crippen molar-refractivity contribution in [2.75, 3.05) is 18.0 Å². The number of hydrogen-bond donors (Lipinski definition) is 0. The molecule has 0 N–H and O–H groups in total.